The summed E-state index contributed by atoms with van der Waals surface area (Å²) in [6.07, 6.45) is 3.70. The summed E-state index contributed by atoms with van der Waals surface area (Å²) in [6.45, 7) is 4.88. The summed E-state index contributed by atoms with van der Waals surface area (Å²) < 4.78 is 5.46. The van der Waals surface area contributed by atoms with Gasteiger partial charge in [0.25, 0.3) is 0 Å². The lowest BCUT2D eigenvalue weighted by molar-refractivity contribution is -0.123. The molecule has 4 rings (SSSR count). The Labute approximate surface area is 307 Å². The summed E-state index contributed by atoms with van der Waals surface area (Å²) in [4.78, 5) is 52.8. The Morgan fingerprint density at radius 3 is 2.08 bits per heavy atom. The molecule has 0 radical (unpaired) electrons. The van der Waals surface area contributed by atoms with Gasteiger partial charge in [0.15, 0.2) is 0 Å². The SMILES string of the molecule is CC(C)c1nc(CN(C)C(=O)N[C@@H](CCNCl)C(=O)N[C@H](CC[C@H](Cc2ccccc2)NC(=O)OCc2nccs2)Cc2ccccc2)cs1. The molecule has 0 aliphatic rings. The van der Waals surface area contributed by atoms with Crippen molar-refractivity contribution >= 4 is 52.5 Å². The molecular weight excluding hydrogens is 694 g/mol. The molecule has 4 amide bonds. The maximum Gasteiger partial charge on any atom is 0.407 e. The predicted octanol–water partition coefficient (Wildman–Crippen LogP) is 6.41. The van der Waals surface area contributed by atoms with E-state index in [4.69, 9.17) is 16.5 Å². The smallest absolute Gasteiger partial charge is 0.407 e. The maximum absolute atomic E-state index is 13.8. The van der Waals surface area contributed by atoms with Gasteiger partial charge < -0.3 is 25.6 Å². The molecule has 0 aliphatic carbocycles. The van der Waals surface area contributed by atoms with Crippen LogP contribution in [-0.4, -0.2) is 64.6 Å². The number of amides is 4. The Kier molecular flexibility index (Phi) is 16.0. The lowest BCUT2D eigenvalue weighted by Gasteiger charge is -2.27. The minimum absolute atomic E-state index is 0.0937. The molecule has 4 aromatic rings. The van der Waals surface area contributed by atoms with E-state index in [-0.39, 0.29) is 37.0 Å². The van der Waals surface area contributed by atoms with Crippen LogP contribution in [0.1, 0.15) is 65.9 Å². The molecule has 2 heterocycles. The third-order valence-electron chi connectivity index (χ3n) is 7.94. The van der Waals surface area contributed by atoms with Gasteiger partial charge in [-0.05, 0) is 55.0 Å². The normalized spacial score (nSPS) is 12.9. The van der Waals surface area contributed by atoms with Gasteiger partial charge in [0.05, 0.1) is 17.2 Å². The molecule has 3 atom stereocenters. The zero-order valence-corrected chi connectivity index (χ0v) is 31.0. The van der Waals surface area contributed by atoms with Crippen LogP contribution >= 0.6 is 34.5 Å². The molecule has 0 aliphatic heterocycles. The second-order valence-electron chi connectivity index (χ2n) is 12.4. The van der Waals surface area contributed by atoms with Gasteiger partial charge in [-0.2, -0.15) is 0 Å². The molecule has 2 aromatic carbocycles. The van der Waals surface area contributed by atoms with Gasteiger partial charge in [-0.1, -0.05) is 74.5 Å². The minimum Gasteiger partial charge on any atom is -0.442 e. The third-order valence-corrected chi connectivity index (χ3v) is 10.1. The molecule has 0 unspecified atom stereocenters. The molecular formula is C36H46ClN7O4S2. The number of carbonyl (C=O) groups excluding carboxylic acids is 3. The number of nitrogens with one attached hydrogen (secondary N) is 4. The lowest BCUT2D eigenvalue weighted by atomic mass is 9.95. The maximum atomic E-state index is 13.8. The van der Waals surface area contributed by atoms with Crippen LogP contribution in [0.3, 0.4) is 0 Å². The number of thiazole rings is 2. The first-order chi connectivity index (χ1) is 24.2. The zero-order valence-electron chi connectivity index (χ0n) is 28.6. The summed E-state index contributed by atoms with van der Waals surface area (Å²) in [7, 11) is 1.68. The number of ether oxygens (including phenoxy) is 1. The highest BCUT2D eigenvalue weighted by atomic mass is 35.5. The van der Waals surface area contributed by atoms with Crippen LogP contribution in [0.5, 0.6) is 0 Å². The van der Waals surface area contributed by atoms with Crippen molar-refractivity contribution in [2.45, 2.75) is 83.1 Å². The number of aromatic nitrogens is 2. The summed E-state index contributed by atoms with van der Waals surface area (Å²) in [6, 6.07) is 18.1. The van der Waals surface area contributed by atoms with Crippen molar-refractivity contribution < 1.29 is 19.1 Å². The van der Waals surface area contributed by atoms with Crippen molar-refractivity contribution in [2.24, 2.45) is 0 Å². The number of carbonyl (C=O) groups is 3. The van der Waals surface area contributed by atoms with Crippen LogP contribution in [0.25, 0.3) is 0 Å². The molecule has 0 saturated heterocycles. The summed E-state index contributed by atoms with van der Waals surface area (Å²) in [5, 5.41) is 14.6. The Hall–Kier alpha value is -4.04. The highest BCUT2D eigenvalue weighted by Gasteiger charge is 2.26. The fourth-order valence-electron chi connectivity index (χ4n) is 5.31. The second kappa shape index (κ2) is 20.6. The second-order valence-corrected chi connectivity index (χ2v) is 14.5. The van der Waals surface area contributed by atoms with E-state index in [1.54, 1.807) is 24.6 Å². The van der Waals surface area contributed by atoms with Crippen LogP contribution in [-0.2, 0) is 35.5 Å². The van der Waals surface area contributed by atoms with E-state index in [9.17, 15) is 14.4 Å². The molecule has 0 bridgehead atoms. The molecule has 50 heavy (non-hydrogen) atoms. The van der Waals surface area contributed by atoms with Crippen LogP contribution in [0.4, 0.5) is 9.59 Å². The minimum atomic E-state index is -0.838. The Morgan fingerprint density at radius 2 is 1.52 bits per heavy atom. The molecule has 268 valence electrons. The monoisotopic (exact) mass is 739 g/mol. The molecule has 11 nitrogen and oxygen atoms in total. The number of rotatable bonds is 19. The van der Waals surface area contributed by atoms with Crippen LogP contribution < -0.4 is 20.8 Å². The molecule has 0 fully saturated rings. The fraction of sp³-hybridized carbons (Fsp3) is 0.417. The molecule has 4 N–H and O–H groups in total. The first-order valence-electron chi connectivity index (χ1n) is 16.7. The predicted molar refractivity (Wildman–Crippen MR) is 199 cm³/mol. The van der Waals surface area contributed by atoms with E-state index < -0.39 is 12.1 Å². The largest absolute Gasteiger partial charge is 0.442 e. The van der Waals surface area contributed by atoms with Crippen molar-refractivity contribution in [3.8, 4) is 0 Å². The van der Waals surface area contributed by atoms with Gasteiger partial charge in [-0.25, -0.2) is 24.4 Å². The molecule has 0 saturated carbocycles. The van der Waals surface area contributed by atoms with E-state index in [0.717, 1.165) is 21.8 Å². The lowest BCUT2D eigenvalue weighted by Crippen LogP contribution is -2.53. The summed E-state index contributed by atoms with van der Waals surface area (Å²) >= 11 is 8.78. The molecule has 14 heteroatoms. The van der Waals surface area contributed by atoms with Gasteiger partial charge >= 0.3 is 12.1 Å². The van der Waals surface area contributed by atoms with Crippen LogP contribution in [0, 0.1) is 0 Å². The third kappa shape index (κ3) is 13.3. The van der Waals surface area contributed by atoms with E-state index in [1.165, 1.54) is 16.2 Å². The van der Waals surface area contributed by atoms with Gasteiger partial charge in [0, 0.05) is 48.6 Å². The van der Waals surface area contributed by atoms with Gasteiger partial charge in [0.2, 0.25) is 5.91 Å². The van der Waals surface area contributed by atoms with Gasteiger partial charge in [-0.15, -0.1) is 22.7 Å². The van der Waals surface area contributed by atoms with Gasteiger partial charge in [-0.3, -0.25) is 4.79 Å². The average molecular weight is 740 g/mol. The first kappa shape index (κ1) is 38.8. The number of halogens is 1. The van der Waals surface area contributed by atoms with Crippen molar-refractivity contribution in [3.63, 3.8) is 0 Å². The Morgan fingerprint density at radius 1 is 0.880 bits per heavy atom. The molecule has 0 spiro atoms. The Balaban J connectivity index is 1.43. The highest BCUT2D eigenvalue weighted by molar-refractivity contribution is 7.09. The number of benzene rings is 2. The number of urea groups is 1. The fourth-order valence-corrected chi connectivity index (χ4v) is 6.78. The highest BCUT2D eigenvalue weighted by Crippen LogP contribution is 2.20. The molecule has 2 aromatic heterocycles. The summed E-state index contributed by atoms with van der Waals surface area (Å²) in [5.74, 6) is -0.00852. The van der Waals surface area contributed by atoms with Crippen molar-refractivity contribution in [2.75, 3.05) is 13.6 Å². The topological polar surface area (TPSA) is 138 Å². The van der Waals surface area contributed by atoms with Crippen molar-refractivity contribution in [1.82, 2.24) is 35.7 Å². The van der Waals surface area contributed by atoms with E-state index >= 15 is 0 Å². The number of alkyl carbamates (subject to hydrolysis) is 1. The number of hydrogen-bond donors (Lipinski definition) is 4. The van der Waals surface area contributed by atoms with Crippen molar-refractivity contribution in [3.05, 3.63) is 104 Å². The average Bonchev–Trinajstić information content (AvgIpc) is 3.82. The van der Waals surface area contributed by atoms with E-state index in [0.29, 0.717) is 49.7 Å². The van der Waals surface area contributed by atoms with Crippen molar-refractivity contribution in [1.29, 1.82) is 0 Å². The van der Waals surface area contributed by atoms with Gasteiger partial charge in [0.1, 0.15) is 17.7 Å². The van der Waals surface area contributed by atoms with Crippen LogP contribution in [0.2, 0.25) is 0 Å². The first-order valence-corrected chi connectivity index (χ1v) is 18.8. The number of hydrogen-bond acceptors (Lipinski definition) is 9. The summed E-state index contributed by atoms with van der Waals surface area (Å²) in [5.41, 5.74) is 2.92. The quantitative estimate of drug-likeness (QED) is 0.0816. The van der Waals surface area contributed by atoms with E-state index in [2.05, 4.69) is 44.6 Å². The number of nitrogens with zero attached hydrogens (tertiary/aromatic N) is 3. The zero-order chi connectivity index (χ0) is 35.7. The standard InChI is InChI=1S/C36H46ClN7O4S2/c1-25(2)34-41-30(24-50-34)22-44(3)35(46)43-31(16-17-39-37)33(45)40-28(20-26-10-6-4-7-11-26)14-15-29(21-27-12-8-5-9-13-27)42-36(47)48-23-32-38-18-19-49-32/h4-13,18-19,24-25,28-29,31,39H,14-17,20-23H2,1-3H3,(H,40,45)(H,42,47)(H,43,46)/t28-,29-,31+/m1/s1. The Bertz CT molecular complexity index is 1590. The van der Waals surface area contributed by atoms with E-state index in [1.807, 2.05) is 71.4 Å². The van der Waals surface area contributed by atoms with Crippen LogP contribution in [0.15, 0.2) is 77.6 Å².